The SMILES string of the molecule is Cc1ccc([C@@H]2OC(=O)C[C@@H]2C(=O)O)cc1. The highest BCUT2D eigenvalue weighted by Gasteiger charge is 2.40. The van der Waals surface area contributed by atoms with Gasteiger partial charge in [0.05, 0.1) is 6.42 Å². The summed E-state index contributed by atoms with van der Waals surface area (Å²) in [5, 5.41) is 8.99. The Labute approximate surface area is 92.8 Å². The molecular weight excluding hydrogens is 208 g/mol. The van der Waals surface area contributed by atoms with Crippen molar-refractivity contribution in [3.63, 3.8) is 0 Å². The second kappa shape index (κ2) is 3.96. The van der Waals surface area contributed by atoms with Crippen LogP contribution < -0.4 is 0 Å². The number of benzene rings is 1. The maximum atomic E-state index is 11.1. The van der Waals surface area contributed by atoms with Gasteiger partial charge in [-0.25, -0.2) is 0 Å². The van der Waals surface area contributed by atoms with Gasteiger partial charge in [0.25, 0.3) is 0 Å². The molecule has 2 rings (SSSR count). The Morgan fingerprint density at radius 3 is 2.56 bits per heavy atom. The molecule has 1 aliphatic heterocycles. The zero-order chi connectivity index (χ0) is 11.7. The van der Waals surface area contributed by atoms with E-state index in [4.69, 9.17) is 9.84 Å². The number of rotatable bonds is 2. The fourth-order valence-electron chi connectivity index (χ4n) is 1.83. The molecule has 0 bridgehead atoms. The van der Waals surface area contributed by atoms with E-state index in [-0.39, 0.29) is 6.42 Å². The monoisotopic (exact) mass is 220 g/mol. The molecule has 1 aliphatic rings. The van der Waals surface area contributed by atoms with E-state index in [1.54, 1.807) is 12.1 Å². The molecule has 2 atom stereocenters. The third-order valence-electron chi connectivity index (χ3n) is 2.73. The quantitative estimate of drug-likeness (QED) is 0.770. The molecule has 1 heterocycles. The van der Waals surface area contributed by atoms with Crippen LogP contribution in [0.1, 0.15) is 23.7 Å². The van der Waals surface area contributed by atoms with Gasteiger partial charge in [0.15, 0.2) is 0 Å². The predicted molar refractivity (Wildman–Crippen MR) is 55.8 cm³/mol. The molecule has 16 heavy (non-hydrogen) atoms. The van der Waals surface area contributed by atoms with Crippen molar-refractivity contribution in [1.82, 2.24) is 0 Å². The fraction of sp³-hybridized carbons (Fsp3) is 0.333. The first kappa shape index (κ1) is 10.7. The number of carbonyl (C=O) groups is 2. The topological polar surface area (TPSA) is 63.6 Å². The summed E-state index contributed by atoms with van der Waals surface area (Å²) in [5.41, 5.74) is 1.82. The number of carbonyl (C=O) groups excluding carboxylic acids is 1. The summed E-state index contributed by atoms with van der Waals surface area (Å²) < 4.78 is 5.04. The van der Waals surface area contributed by atoms with E-state index in [1.165, 1.54) is 0 Å². The molecule has 1 saturated heterocycles. The van der Waals surface area contributed by atoms with Gasteiger partial charge in [-0.05, 0) is 12.5 Å². The van der Waals surface area contributed by atoms with Crippen LogP contribution in [0.5, 0.6) is 0 Å². The molecule has 1 fully saturated rings. The van der Waals surface area contributed by atoms with Gasteiger partial charge in [-0.15, -0.1) is 0 Å². The highest BCUT2D eigenvalue weighted by molar-refractivity contribution is 5.82. The average Bonchev–Trinajstić information content (AvgIpc) is 2.61. The van der Waals surface area contributed by atoms with Crippen LogP contribution in [0.2, 0.25) is 0 Å². The Kier molecular flexibility index (Phi) is 2.64. The zero-order valence-electron chi connectivity index (χ0n) is 8.84. The third kappa shape index (κ3) is 1.91. The molecule has 84 valence electrons. The molecular formula is C12H12O4. The molecule has 0 amide bonds. The van der Waals surface area contributed by atoms with Crippen molar-refractivity contribution >= 4 is 11.9 Å². The smallest absolute Gasteiger partial charge is 0.311 e. The summed E-state index contributed by atoms with van der Waals surface area (Å²) in [5.74, 6) is -2.20. The number of cyclic esters (lactones) is 1. The minimum atomic E-state index is -0.989. The van der Waals surface area contributed by atoms with Gasteiger partial charge >= 0.3 is 11.9 Å². The fourth-order valence-corrected chi connectivity index (χ4v) is 1.83. The first-order chi connectivity index (χ1) is 7.58. The largest absolute Gasteiger partial charge is 0.481 e. The lowest BCUT2D eigenvalue weighted by Crippen LogP contribution is -2.17. The summed E-state index contributed by atoms with van der Waals surface area (Å²) in [7, 11) is 0. The first-order valence-corrected chi connectivity index (χ1v) is 5.07. The van der Waals surface area contributed by atoms with Crippen LogP contribution in [0.15, 0.2) is 24.3 Å². The van der Waals surface area contributed by atoms with Crippen LogP contribution in [-0.4, -0.2) is 17.0 Å². The standard InChI is InChI=1S/C12H12O4/c1-7-2-4-8(5-3-7)11-9(12(14)15)6-10(13)16-11/h2-5,9,11H,6H2,1H3,(H,14,15)/t9-,11-/m0/s1. The Morgan fingerprint density at radius 2 is 2.00 bits per heavy atom. The van der Waals surface area contributed by atoms with E-state index in [0.717, 1.165) is 11.1 Å². The molecule has 0 aromatic heterocycles. The Bertz CT molecular complexity index is 421. The third-order valence-corrected chi connectivity index (χ3v) is 2.73. The van der Waals surface area contributed by atoms with E-state index in [2.05, 4.69) is 0 Å². The summed E-state index contributed by atoms with van der Waals surface area (Å²) in [6.07, 6.45) is -0.695. The molecule has 4 nitrogen and oxygen atoms in total. The van der Waals surface area contributed by atoms with Crippen molar-refractivity contribution in [3.8, 4) is 0 Å². The van der Waals surface area contributed by atoms with Crippen molar-refractivity contribution in [2.24, 2.45) is 5.92 Å². The molecule has 0 unspecified atom stereocenters. The number of hydrogen-bond donors (Lipinski definition) is 1. The van der Waals surface area contributed by atoms with Crippen molar-refractivity contribution in [2.45, 2.75) is 19.4 Å². The molecule has 4 heteroatoms. The number of aryl methyl sites for hydroxylation is 1. The second-order valence-corrected chi connectivity index (χ2v) is 3.97. The first-order valence-electron chi connectivity index (χ1n) is 5.07. The maximum Gasteiger partial charge on any atom is 0.311 e. The molecule has 0 saturated carbocycles. The molecule has 1 aromatic rings. The van der Waals surface area contributed by atoms with Gasteiger partial charge in [0.2, 0.25) is 0 Å². The van der Waals surface area contributed by atoms with Gasteiger partial charge in [-0.1, -0.05) is 29.8 Å². The zero-order valence-corrected chi connectivity index (χ0v) is 8.84. The van der Waals surface area contributed by atoms with Gasteiger partial charge in [0, 0.05) is 0 Å². The highest BCUT2D eigenvalue weighted by Crippen LogP contribution is 2.35. The normalized spacial score (nSPS) is 24.2. The number of hydrogen-bond acceptors (Lipinski definition) is 3. The number of carboxylic acid groups (broad SMARTS) is 1. The minimum Gasteiger partial charge on any atom is -0.481 e. The lowest BCUT2D eigenvalue weighted by Gasteiger charge is -2.14. The van der Waals surface area contributed by atoms with Gasteiger partial charge in [-0.2, -0.15) is 0 Å². The van der Waals surface area contributed by atoms with Crippen LogP contribution >= 0.6 is 0 Å². The van der Waals surface area contributed by atoms with Crippen LogP contribution in [0.25, 0.3) is 0 Å². The number of ether oxygens (including phenoxy) is 1. The van der Waals surface area contributed by atoms with Crippen molar-refractivity contribution in [1.29, 1.82) is 0 Å². The van der Waals surface area contributed by atoms with Crippen molar-refractivity contribution < 1.29 is 19.4 Å². The number of esters is 1. The van der Waals surface area contributed by atoms with Crippen molar-refractivity contribution in [2.75, 3.05) is 0 Å². The number of carboxylic acids is 1. The lowest BCUT2D eigenvalue weighted by atomic mass is 9.95. The summed E-state index contributed by atoms with van der Waals surface area (Å²) in [4.78, 5) is 22.1. The van der Waals surface area contributed by atoms with E-state index in [0.29, 0.717) is 0 Å². The van der Waals surface area contributed by atoms with Crippen LogP contribution in [0.3, 0.4) is 0 Å². The Hall–Kier alpha value is -1.84. The van der Waals surface area contributed by atoms with Gasteiger partial charge < -0.3 is 9.84 Å². The Morgan fingerprint density at radius 1 is 1.38 bits per heavy atom. The molecule has 1 N–H and O–H groups in total. The van der Waals surface area contributed by atoms with E-state index in [9.17, 15) is 9.59 Å². The number of aliphatic carboxylic acids is 1. The van der Waals surface area contributed by atoms with Crippen LogP contribution in [-0.2, 0) is 14.3 Å². The lowest BCUT2D eigenvalue weighted by molar-refractivity contribution is -0.144. The van der Waals surface area contributed by atoms with Crippen molar-refractivity contribution in [3.05, 3.63) is 35.4 Å². The van der Waals surface area contributed by atoms with Crippen LogP contribution in [0.4, 0.5) is 0 Å². The minimum absolute atomic E-state index is 0.0477. The molecule has 0 radical (unpaired) electrons. The average molecular weight is 220 g/mol. The van der Waals surface area contributed by atoms with Gasteiger partial charge in [-0.3, -0.25) is 9.59 Å². The second-order valence-electron chi connectivity index (χ2n) is 3.97. The van der Waals surface area contributed by atoms with E-state index >= 15 is 0 Å². The van der Waals surface area contributed by atoms with E-state index < -0.39 is 24.0 Å². The molecule has 0 aliphatic carbocycles. The highest BCUT2D eigenvalue weighted by atomic mass is 16.6. The summed E-state index contributed by atoms with van der Waals surface area (Å²) in [6.45, 7) is 1.94. The maximum absolute atomic E-state index is 11.1. The molecule has 0 spiro atoms. The summed E-state index contributed by atoms with van der Waals surface area (Å²) in [6, 6.07) is 7.35. The van der Waals surface area contributed by atoms with E-state index in [1.807, 2.05) is 19.1 Å². The summed E-state index contributed by atoms with van der Waals surface area (Å²) >= 11 is 0. The predicted octanol–water partition coefficient (Wildman–Crippen LogP) is 1.68. The van der Waals surface area contributed by atoms with Crippen LogP contribution in [0, 0.1) is 12.8 Å². The Balaban J connectivity index is 2.28. The molecule has 1 aromatic carbocycles. The van der Waals surface area contributed by atoms with Gasteiger partial charge in [0.1, 0.15) is 12.0 Å².